The van der Waals surface area contributed by atoms with E-state index in [1.807, 2.05) is 0 Å². The van der Waals surface area contributed by atoms with E-state index < -0.39 is 0 Å². The number of hydrogen-bond donors (Lipinski definition) is 0. The van der Waals surface area contributed by atoms with Gasteiger partial charge < -0.3 is 4.42 Å². The topological polar surface area (TPSA) is 30.2 Å². The number of allylic oxidation sites excluding steroid dienone is 1. The molecule has 0 bridgehead atoms. The Morgan fingerprint density at radius 3 is 2.72 bits per heavy atom. The van der Waals surface area contributed by atoms with E-state index in [-0.39, 0.29) is 17.4 Å². The van der Waals surface area contributed by atoms with Crippen LogP contribution in [0, 0.1) is 12.7 Å². The number of ketones is 1. The number of hydrogen-bond acceptors (Lipinski definition) is 2. The van der Waals surface area contributed by atoms with Crippen LogP contribution >= 0.6 is 15.9 Å². The Kier molecular flexibility index (Phi) is 3.77. The summed E-state index contributed by atoms with van der Waals surface area (Å²) in [5.74, 6) is 0.248. The third-order valence-corrected chi connectivity index (χ3v) is 2.85. The number of carbonyl (C=O) groups excluding carboxylic acids is 1. The van der Waals surface area contributed by atoms with Crippen LogP contribution in [0.25, 0.3) is 6.08 Å². The minimum atomic E-state index is -0.385. The molecule has 0 aliphatic rings. The first-order chi connectivity index (χ1) is 8.56. The van der Waals surface area contributed by atoms with Crippen LogP contribution in [-0.2, 0) is 0 Å². The number of carbonyl (C=O) groups is 1. The number of furan rings is 1. The Morgan fingerprint density at radius 1 is 1.33 bits per heavy atom. The van der Waals surface area contributed by atoms with Crippen LogP contribution in [0.15, 0.2) is 45.3 Å². The highest BCUT2D eigenvalue weighted by atomic mass is 79.9. The lowest BCUT2D eigenvalue weighted by molar-refractivity contribution is 0.102. The molecule has 0 N–H and O–H groups in total. The van der Waals surface area contributed by atoms with Crippen molar-refractivity contribution in [1.82, 2.24) is 0 Å². The Hall–Kier alpha value is -1.68. The van der Waals surface area contributed by atoms with Gasteiger partial charge in [-0.15, -0.1) is 0 Å². The van der Waals surface area contributed by atoms with Crippen LogP contribution < -0.4 is 0 Å². The first-order valence-electron chi connectivity index (χ1n) is 5.30. The minimum absolute atomic E-state index is 0.251. The van der Waals surface area contributed by atoms with Crippen molar-refractivity contribution in [2.45, 2.75) is 6.92 Å². The highest BCUT2D eigenvalue weighted by Gasteiger charge is 2.06. The van der Waals surface area contributed by atoms with Gasteiger partial charge in [0.2, 0.25) is 5.78 Å². The van der Waals surface area contributed by atoms with Crippen LogP contribution in [0.1, 0.15) is 21.9 Å². The third-order valence-electron chi connectivity index (χ3n) is 2.36. The molecule has 0 unspecified atom stereocenters. The summed E-state index contributed by atoms with van der Waals surface area (Å²) in [5, 5.41) is 0. The van der Waals surface area contributed by atoms with E-state index in [0.717, 1.165) is 0 Å². The van der Waals surface area contributed by atoms with Crippen molar-refractivity contribution in [3.63, 3.8) is 0 Å². The van der Waals surface area contributed by atoms with Crippen molar-refractivity contribution in [1.29, 1.82) is 0 Å². The van der Waals surface area contributed by atoms with Crippen molar-refractivity contribution in [2.24, 2.45) is 0 Å². The molecule has 0 amide bonds. The van der Waals surface area contributed by atoms with E-state index >= 15 is 0 Å². The van der Waals surface area contributed by atoms with E-state index in [9.17, 15) is 9.18 Å². The molecule has 2 rings (SSSR count). The van der Waals surface area contributed by atoms with Crippen molar-refractivity contribution >= 4 is 27.8 Å². The number of benzene rings is 1. The zero-order valence-electron chi connectivity index (χ0n) is 9.61. The van der Waals surface area contributed by atoms with Crippen LogP contribution in [0.4, 0.5) is 4.39 Å². The van der Waals surface area contributed by atoms with Gasteiger partial charge in [-0.1, -0.05) is 22.0 Å². The summed E-state index contributed by atoms with van der Waals surface area (Å²) >= 11 is 3.17. The molecule has 18 heavy (non-hydrogen) atoms. The number of aryl methyl sites for hydroxylation is 1. The molecule has 0 aliphatic carbocycles. The summed E-state index contributed by atoms with van der Waals surface area (Å²) in [6.45, 7) is 1.76. The Balaban J connectivity index is 2.18. The average Bonchev–Trinajstić information content (AvgIpc) is 2.74. The molecule has 0 aliphatic heterocycles. The summed E-state index contributed by atoms with van der Waals surface area (Å²) in [5.41, 5.74) is 0.356. The van der Waals surface area contributed by atoms with Gasteiger partial charge in [0.25, 0.3) is 0 Å². The summed E-state index contributed by atoms with van der Waals surface area (Å²) in [6.07, 6.45) is 2.73. The quantitative estimate of drug-likeness (QED) is 0.622. The largest absolute Gasteiger partial charge is 0.458 e. The fraction of sp³-hybridized carbons (Fsp3) is 0.0714. The Bertz CT molecular complexity index is 614. The molecule has 1 aromatic heterocycles. The molecular formula is C14H10BrFO2. The minimum Gasteiger partial charge on any atom is -0.458 e. The van der Waals surface area contributed by atoms with E-state index in [0.29, 0.717) is 15.8 Å². The van der Waals surface area contributed by atoms with Crippen LogP contribution in [0.3, 0.4) is 0 Å². The molecular weight excluding hydrogens is 299 g/mol. The lowest BCUT2D eigenvalue weighted by Crippen LogP contribution is -1.91. The normalized spacial score (nSPS) is 11.1. The standard InChI is InChI=1S/C14H10BrFO2/c1-9-2-7-14(18-9)13(17)6-4-10-3-5-11(15)8-12(10)16/h2-8H,1H3/b6-4+. The first-order valence-corrected chi connectivity index (χ1v) is 6.09. The summed E-state index contributed by atoms with van der Waals surface area (Å²) in [6, 6.07) is 7.96. The van der Waals surface area contributed by atoms with Crippen molar-refractivity contribution in [2.75, 3.05) is 0 Å². The molecule has 0 saturated heterocycles. The summed E-state index contributed by atoms with van der Waals surface area (Å²) in [4.78, 5) is 11.7. The molecule has 0 fully saturated rings. The van der Waals surface area contributed by atoms with Crippen LogP contribution in [0.5, 0.6) is 0 Å². The third kappa shape index (κ3) is 2.96. The lowest BCUT2D eigenvalue weighted by atomic mass is 10.1. The van der Waals surface area contributed by atoms with Gasteiger partial charge in [-0.25, -0.2) is 4.39 Å². The molecule has 2 aromatic rings. The van der Waals surface area contributed by atoms with Crippen molar-refractivity contribution < 1.29 is 13.6 Å². The molecule has 1 heterocycles. The van der Waals surface area contributed by atoms with Crippen molar-refractivity contribution in [3.05, 3.63) is 63.8 Å². The van der Waals surface area contributed by atoms with E-state index in [1.165, 1.54) is 18.2 Å². The van der Waals surface area contributed by atoms with Gasteiger partial charge in [0.1, 0.15) is 11.6 Å². The predicted molar refractivity (Wildman–Crippen MR) is 70.9 cm³/mol. The Morgan fingerprint density at radius 2 is 2.11 bits per heavy atom. The van der Waals surface area contributed by atoms with Gasteiger partial charge in [-0.3, -0.25) is 4.79 Å². The maximum absolute atomic E-state index is 13.5. The molecule has 0 saturated carbocycles. The van der Waals surface area contributed by atoms with Crippen LogP contribution in [0.2, 0.25) is 0 Å². The summed E-state index contributed by atoms with van der Waals surface area (Å²) < 4.78 is 19.3. The highest BCUT2D eigenvalue weighted by Crippen LogP contribution is 2.17. The van der Waals surface area contributed by atoms with Gasteiger partial charge in [0, 0.05) is 10.0 Å². The fourth-order valence-corrected chi connectivity index (χ4v) is 1.78. The van der Waals surface area contributed by atoms with E-state index in [4.69, 9.17) is 4.42 Å². The number of rotatable bonds is 3. The molecule has 0 atom stereocenters. The van der Waals surface area contributed by atoms with E-state index in [2.05, 4.69) is 15.9 Å². The average molecular weight is 309 g/mol. The second kappa shape index (κ2) is 5.31. The predicted octanol–water partition coefficient (Wildman–Crippen LogP) is 4.39. The van der Waals surface area contributed by atoms with Gasteiger partial charge in [-0.2, -0.15) is 0 Å². The molecule has 0 radical (unpaired) electrons. The highest BCUT2D eigenvalue weighted by molar-refractivity contribution is 9.10. The van der Waals surface area contributed by atoms with Crippen LogP contribution in [-0.4, -0.2) is 5.78 Å². The maximum Gasteiger partial charge on any atom is 0.221 e. The lowest BCUT2D eigenvalue weighted by Gasteiger charge is -1.97. The zero-order valence-corrected chi connectivity index (χ0v) is 11.2. The van der Waals surface area contributed by atoms with Gasteiger partial charge in [0.05, 0.1) is 0 Å². The smallest absolute Gasteiger partial charge is 0.221 e. The second-order valence-electron chi connectivity index (χ2n) is 3.77. The first kappa shape index (κ1) is 12.8. The monoisotopic (exact) mass is 308 g/mol. The maximum atomic E-state index is 13.5. The van der Waals surface area contributed by atoms with Gasteiger partial charge in [0.15, 0.2) is 5.76 Å². The summed E-state index contributed by atoms with van der Waals surface area (Å²) in [7, 11) is 0. The SMILES string of the molecule is Cc1ccc(C(=O)/C=C/c2ccc(Br)cc2F)o1. The Labute approximate surface area is 112 Å². The molecule has 92 valence electrons. The zero-order chi connectivity index (χ0) is 13.1. The van der Waals surface area contributed by atoms with Crippen molar-refractivity contribution in [3.8, 4) is 0 Å². The number of halogens is 2. The van der Waals surface area contributed by atoms with Gasteiger partial charge >= 0.3 is 0 Å². The fourth-order valence-electron chi connectivity index (χ4n) is 1.45. The van der Waals surface area contributed by atoms with Gasteiger partial charge in [-0.05, 0) is 43.3 Å². The molecule has 4 heteroatoms. The second-order valence-corrected chi connectivity index (χ2v) is 4.69. The molecule has 2 nitrogen and oxygen atoms in total. The molecule has 1 aromatic carbocycles. The van der Waals surface area contributed by atoms with E-state index in [1.54, 1.807) is 31.2 Å². The molecule has 0 spiro atoms.